The molecule has 3 heterocycles. The molecule has 1 N–H and O–H groups in total. The normalized spacial score (nSPS) is 27.2. The molecule has 7 nitrogen and oxygen atoms in total. The van der Waals surface area contributed by atoms with Crippen LogP contribution in [0.4, 0.5) is 5.69 Å². The van der Waals surface area contributed by atoms with Gasteiger partial charge in [0.2, 0.25) is 5.91 Å². The van der Waals surface area contributed by atoms with Crippen molar-refractivity contribution in [2.75, 3.05) is 24.7 Å². The van der Waals surface area contributed by atoms with Gasteiger partial charge in [-0.05, 0) is 62.6 Å². The molecule has 0 radical (unpaired) electrons. The molecule has 3 unspecified atom stereocenters. The number of aliphatic hydroxyl groups excluding tert-OH is 1. The topological polar surface area (TPSA) is 87.1 Å². The van der Waals surface area contributed by atoms with Gasteiger partial charge in [0.1, 0.15) is 6.04 Å². The molecule has 1 spiro atoms. The number of carbonyl (C=O) groups excluding carboxylic acids is 3. The van der Waals surface area contributed by atoms with Gasteiger partial charge >= 0.3 is 5.97 Å². The van der Waals surface area contributed by atoms with Gasteiger partial charge in [0, 0.05) is 22.3 Å². The number of rotatable bonds is 14. The minimum absolute atomic E-state index is 0.0742. The molecule has 3 aliphatic heterocycles. The molecule has 7 atom stereocenters. The first kappa shape index (κ1) is 33.5. The minimum atomic E-state index is -0.893. The molecule has 9 heteroatoms. The Bertz CT molecular complexity index is 1420. The zero-order valence-electron chi connectivity index (χ0n) is 26.1. The number of amides is 2. The molecule has 3 aliphatic rings. The highest BCUT2D eigenvalue weighted by Crippen LogP contribution is 2.68. The van der Waals surface area contributed by atoms with Crippen LogP contribution in [0.1, 0.15) is 42.4 Å². The third-order valence-corrected chi connectivity index (χ3v) is 12.7. The maximum absolute atomic E-state index is 15.1. The standard InChI is InChI=1S/C36H43BrN2O5S/c1-5-7-8-12-19-44-35(43)28-29-33(41)39(26(22-40)20-25-16-10-9-11-17-25)32(36(29)21-27(37)31(28)45-36)34(42)38(18-6-2)30-23(3)14-13-15-24(30)4/h5-6,9-11,13-17,26-29,31-32,40H,1-2,7-8,12,18-22H2,3-4H3/t26-,27?,28+,29+,31+,32?,36?/m1/s1. The number of hydrogen-bond donors (Lipinski definition) is 1. The number of aryl methyl sites for hydroxylation is 2. The number of aliphatic hydroxyl groups is 1. The number of thioether (sulfide) groups is 1. The molecule has 2 amide bonds. The Morgan fingerprint density at radius 1 is 1.13 bits per heavy atom. The van der Waals surface area contributed by atoms with Crippen LogP contribution >= 0.6 is 27.7 Å². The number of carbonyl (C=O) groups is 3. The molecular formula is C36H43BrN2O5S. The summed E-state index contributed by atoms with van der Waals surface area (Å²) in [6.45, 7) is 11.9. The number of allylic oxidation sites excluding steroid dienone is 1. The van der Waals surface area contributed by atoms with Gasteiger partial charge in [-0.25, -0.2) is 0 Å². The van der Waals surface area contributed by atoms with Crippen LogP contribution in [-0.4, -0.2) is 74.5 Å². The van der Waals surface area contributed by atoms with E-state index in [1.165, 1.54) is 0 Å². The van der Waals surface area contributed by atoms with Gasteiger partial charge in [0.15, 0.2) is 0 Å². The second-order valence-corrected chi connectivity index (χ2v) is 15.1. The number of fused-ring (bicyclic) bond motifs is 1. The number of hydrogen-bond acceptors (Lipinski definition) is 6. The number of alkyl halides is 1. The van der Waals surface area contributed by atoms with E-state index in [4.69, 9.17) is 4.74 Å². The van der Waals surface area contributed by atoms with E-state index < -0.39 is 28.7 Å². The van der Waals surface area contributed by atoms with Gasteiger partial charge in [-0.1, -0.05) is 76.6 Å². The van der Waals surface area contributed by atoms with E-state index >= 15 is 4.79 Å². The van der Waals surface area contributed by atoms with Crippen molar-refractivity contribution in [3.8, 4) is 0 Å². The summed E-state index contributed by atoms with van der Waals surface area (Å²) >= 11 is 5.42. The molecule has 3 saturated heterocycles. The zero-order valence-corrected chi connectivity index (χ0v) is 28.5. The number of benzene rings is 2. The number of likely N-dealkylation sites (tertiary alicyclic amines) is 1. The summed E-state index contributed by atoms with van der Waals surface area (Å²) in [6, 6.07) is 14.1. The molecule has 3 fully saturated rings. The molecule has 0 saturated carbocycles. The molecular weight excluding hydrogens is 652 g/mol. The lowest BCUT2D eigenvalue weighted by Gasteiger charge is -2.40. The number of ether oxygens (including phenoxy) is 1. The summed E-state index contributed by atoms with van der Waals surface area (Å²) in [5, 5.41) is 10.6. The van der Waals surface area contributed by atoms with Crippen LogP contribution in [0.25, 0.3) is 0 Å². The average Bonchev–Trinajstić information content (AvgIpc) is 3.62. The van der Waals surface area contributed by atoms with E-state index in [2.05, 4.69) is 29.1 Å². The quantitative estimate of drug-likeness (QED) is 0.117. The van der Waals surface area contributed by atoms with Crippen molar-refractivity contribution < 1.29 is 24.2 Å². The van der Waals surface area contributed by atoms with Gasteiger partial charge in [0.05, 0.1) is 35.8 Å². The van der Waals surface area contributed by atoms with Crippen molar-refractivity contribution in [2.45, 2.75) is 72.9 Å². The molecule has 2 aromatic carbocycles. The van der Waals surface area contributed by atoms with E-state index in [0.717, 1.165) is 35.2 Å². The maximum atomic E-state index is 15.1. The fourth-order valence-electron chi connectivity index (χ4n) is 7.61. The highest BCUT2D eigenvalue weighted by molar-refractivity contribution is 9.09. The molecule has 240 valence electrons. The van der Waals surface area contributed by atoms with E-state index in [0.29, 0.717) is 19.3 Å². The predicted octanol–water partition coefficient (Wildman–Crippen LogP) is 5.79. The Balaban J connectivity index is 1.58. The highest BCUT2D eigenvalue weighted by Gasteiger charge is 2.76. The number of para-hydroxylation sites is 1. The van der Waals surface area contributed by atoms with Crippen LogP contribution < -0.4 is 4.90 Å². The van der Waals surface area contributed by atoms with Gasteiger partial charge < -0.3 is 19.6 Å². The number of nitrogens with zero attached hydrogens (tertiary/aromatic N) is 2. The number of halogens is 1. The zero-order chi connectivity index (χ0) is 32.3. The fraction of sp³-hybridized carbons (Fsp3) is 0.472. The van der Waals surface area contributed by atoms with E-state index in [-0.39, 0.29) is 47.6 Å². The van der Waals surface area contributed by atoms with Crippen molar-refractivity contribution in [1.29, 1.82) is 0 Å². The smallest absolute Gasteiger partial charge is 0.310 e. The van der Waals surface area contributed by atoms with Crippen molar-refractivity contribution in [3.63, 3.8) is 0 Å². The maximum Gasteiger partial charge on any atom is 0.310 e. The largest absolute Gasteiger partial charge is 0.465 e. The lowest BCUT2D eigenvalue weighted by atomic mass is 9.71. The SMILES string of the molecule is C=CCCCCOC(=O)[C@H]1[C@H]2C(=O)N([C@@H](CO)Cc3ccccc3)C(C(=O)N(CC=C)c3c(C)cccc3C)C23CC(Br)[C@@H]1S3. The van der Waals surface area contributed by atoms with Crippen LogP contribution in [0, 0.1) is 25.7 Å². The number of unbranched alkanes of at least 4 members (excludes halogenated alkanes) is 2. The third kappa shape index (κ3) is 6.15. The van der Waals surface area contributed by atoms with Crippen LogP contribution in [0.2, 0.25) is 0 Å². The van der Waals surface area contributed by atoms with Gasteiger partial charge in [-0.2, -0.15) is 0 Å². The lowest BCUT2D eigenvalue weighted by molar-refractivity contribution is -0.154. The summed E-state index contributed by atoms with van der Waals surface area (Å²) in [6.07, 6.45) is 6.90. The van der Waals surface area contributed by atoms with Crippen LogP contribution in [0.5, 0.6) is 0 Å². The first-order valence-electron chi connectivity index (χ1n) is 15.7. The molecule has 45 heavy (non-hydrogen) atoms. The first-order valence-corrected chi connectivity index (χ1v) is 17.5. The second-order valence-electron chi connectivity index (χ2n) is 12.4. The van der Waals surface area contributed by atoms with E-state index in [1.54, 1.807) is 27.6 Å². The van der Waals surface area contributed by atoms with Crippen molar-refractivity contribution in [1.82, 2.24) is 4.90 Å². The summed E-state index contributed by atoms with van der Waals surface area (Å²) in [7, 11) is 0. The molecule has 0 aliphatic carbocycles. The van der Waals surface area contributed by atoms with E-state index in [1.807, 2.05) is 68.5 Å². The molecule has 0 aromatic heterocycles. The van der Waals surface area contributed by atoms with Crippen LogP contribution in [-0.2, 0) is 25.5 Å². The van der Waals surface area contributed by atoms with Crippen LogP contribution in [0.15, 0.2) is 73.8 Å². The van der Waals surface area contributed by atoms with Gasteiger partial charge in [0.25, 0.3) is 5.91 Å². The van der Waals surface area contributed by atoms with E-state index in [9.17, 15) is 14.7 Å². The first-order chi connectivity index (χ1) is 21.7. The minimum Gasteiger partial charge on any atom is -0.465 e. The monoisotopic (exact) mass is 694 g/mol. The Morgan fingerprint density at radius 3 is 2.49 bits per heavy atom. The Hall–Kier alpha value is -2.88. The van der Waals surface area contributed by atoms with Crippen LogP contribution in [0.3, 0.4) is 0 Å². The average molecular weight is 696 g/mol. The summed E-state index contributed by atoms with van der Waals surface area (Å²) in [4.78, 5) is 46.9. The Kier molecular flexibility index (Phi) is 10.6. The summed E-state index contributed by atoms with van der Waals surface area (Å²) in [5.74, 6) is -2.29. The summed E-state index contributed by atoms with van der Waals surface area (Å²) in [5.41, 5.74) is 3.63. The van der Waals surface area contributed by atoms with Gasteiger partial charge in [-0.3, -0.25) is 14.4 Å². The lowest BCUT2D eigenvalue weighted by Crippen LogP contribution is -2.58. The third-order valence-electron chi connectivity index (χ3n) is 9.49. The Morgan fingerprint density at radius 2 is 1.84 bits per heavy atom. The van der Waals surface area contributed by atoms with Gasteiger partial charge in [-0.15, -0.1) is 24.9 Å². The van der Waals surface area contributed by atoms with Crippen molar-refractivity contribution >= 4 is 51.2 Å². The van der Waals surface area contributed by atoms with Crippen molar-refractivity contribution in [2.24, 2.45) is 11.8 Å². The number of anilines is 1. The predicted molar refractivity (Wildman–Crippen MR) is 184 cm³/mol. The second kappa shape index (κ2) is 14.3. The molecule has 2 aromatic rings. The molecule has 2 bridgehead atoms. The van der Waals surface area contributed by atoms with Crippen molar-refractivity contribution in [3.05, 3.63) is 90.5 Å². The fourth-order valence-corrected chi connectivity index (χ4v) is 11.2. The summed E-state index contributed by atoms with van der Waals surface area (Å²) < 4.78 is 4.93. The molecule has 5 rings (SSSR count). The highest BCUT2D eigenvalue weighted by atomic mass is 79.9. The Labute approximate surface area is 279 Å². The number of esters is 1.